The van der Waals surface area contributed by atoms with Crippen LogP contribution < -0.4 is 15.4 Å². The van der Waals surface area contributed by atoms with Crippen LogP contribution in [0.1, 0.15) is 5.56 Å². The highest BCUT2D eigenvalue weighted by atomic mass is 32.1. The number of hydrogen-bond donors (Lipinski definition) is 3. The van der Waals surface area contributed by atoms with Gasteiger partial charge in [-0.2, -0.15) is 0 Å². The largest absolute Gasteiger partial charge is 0.506 e. The molecule has 0 unspecified atom stereocenters. The van der Waals surface area contributed by atoms with Crippen molar-refractivity contribution in [2.24, 2.45) is 0 Å². The SMILES string of the molecule is COc1cc([N+](=O)[O-])ccc1NC(=S)Nc1cc(C)ccc1O. The number of hydrogen-bond acceptors (Lipinski definition) is 5. The zero-order chi connectivity index (χ0) is 17.0. The minimum atomic E-state index is -0.506. The summed E-state index contributed by atoms with van der Waals surface area (Å²) in [6.07, 6.45) is 0. The summed E-state index contributed by atoms with van der Waals surface area (Å²) < 4.78 is 5.13. The standard InChI is InChI=1S/C15H15N3O4S/c1-9-3-6-13(19)12(7-9)17-15(23)16-11-5-4-10(18(20)21)8-14(11)22-2/h3-8,19H,1-2H3,(H2,16,17,23). The number of methoxy groups -OCH3 is 1. The summed E-state index contributed by atoms with van der Waals surface area (Å²) in [7, 11) is 1.41. The molecule has 2 aromatic carbocycles. The maximum atomic E-state index is 10.8. The second kappa shape index (κ2) is 6.93. The number of rotatable bonds is 4. The Hall–Kier alpha value is -2.87. The third kappa shape index (κ3) is 4.07. The van der Waals surface area contributed by atoms with Crippen LogP contribution in [0.2, 0.25) is 0 Å². The van der Waals surface area contributed by atoms with Crippen molar-refractivity contribution in [3.63, 3.8) is 0 Å². The Morgan fingerprint density at radius 2 is 1.91 bits per heavy atom. The average Bonchev–Trinajstić information content (AvgIpc) is 2.51. The molecule has 0 aliphatic heterocycles. The molecule has 0 bridgehead atoms. The molecule has 8 heteroatoms. The Kier molecular flexibility index (Phi) is 4.97. The van der Waals surface area contributed by atoms with E-state index in [-0.39, 0.29) is 22.3 Å². The van der Waals surface area contributed by atoms with E-state index in [2.05, 4.69) is 10.6 Å². The topological polar surface area (TPSA) is 96.7 Å². The lowest BCUT2D eigenvalue weighted by Crippen LogP contribution is -2.19. The van der Waals surface area contributed by atoms with Gasteiger partial charge >= 0.3 is 0 Å². The molecule has 0 radical (unpaired) electrons. The second-order valence-electron chi connectivity index (χ2n) is 4.74. The van der Waals surface area contributed by atoms with E-state index >= 15 is 0 Å². The van der Waals surface area contributed by atoms with Crippen LogP contribution >= 0.6 is 12.2 Å². The van der Waals surface area contributed by atoms with Gasteiger partial charge in [-0.15, -0.1) is 0 Å². The molecule has 0 aliphatic rings. The number of phenolic OH excluding ortho intramolecular Hbond substituents is 1. The van der Waals surface area contributed by atoms with Crippen molar-refractivity contribution in [2.75, 3.05) is 17.7 Å². The Labute approximate surface area is 138 Å². The number of ether oxygens (including phenoxy) is 1. The highest BCUT2D eigenvalue weighted by Crippen LogP contribution is 2.29. The molecule has 120 valence electrons. The predicted octanol–water partition coefficient (Wildman–Crippen LogP) is 3.43. The van der Waals surface area contributed by atoms with Gasteiger partial charge in [0.05, 0.1) is 29.5 Å². The molecule has 7 nitrogen and oxygen atoms in total. The molecule has 0 aromatic heterocycles. The molecule has 0 fully saturated rings. The number of nitro benzene ring substituents is 1. The molecule has 0 atom stereocenters. The number of benzene rings is 2. The van der Waals surface area contributed by atoms with E-state index in [1.807, 2.05) is 6.92 Å². The van der Waals surface area contributed by atoms with Gasteiger partial charge in [-0.1, -0.05) is 6.07 Å². The molecule has 0 amide bonds. The van der Waals surface area contributed by atoms with Gasteiger partial charge in [0, 0.05) is 6.07 Å². The summed E-state index contributed by atoms with van der Waals surface area (Å²) in [5.74, 6) is 0.354. The molecule has 2 rings (SSSR count). The van der Waals surface area contributed by atoms with E-state index in [1.54, 1.807) is 18.2 Å². The number of nitrogens with zero attached hydrogens (tertiary/aromatic N) is 1. The lowest BCUT2D eigenvalue weighted by molar-refractivity contribution is -0.384. The molecule has 0 spiro atoms. The van der Waals surface area contributed by atoms with Crippen LogP contribution in [0.5, 0.6) is 11.5 Å². The van der Waals surface area contributed by atoms with Crippen molar-refractivity contribution in [3.8, 4) is 11.5 Å². The van der Waals surface area contributed by atoms with Crippen LogP contribution in [-0.2, 0) is 0 Å². The van der Waals surface area contributed by atoms with Crippen LogP contribution in [0.4, 0.5) is 17.1 Å². The summed E-state index contributed by atoms with van der Waals surface area (Å²) >= 11 is 5.19. The van der Waals surface area contributed by atoms with Crippen molar-refractivity contribution >= 4 is 34.4 Å². The maximum Gasteiger partial charge on any atom is 0.273 e. The fourth-order valence-electron chi connectivity index (χ4n) is 1.92. The molecule has 0 aliphatic carbocycles. The van der Waals surface area contributed by atoms with E-state index in [0.29, 0.717) is 11.4 Å². The minimum Gasteiger partial charge on any atom is -0.506 e. The number of nitrogens with one attached hydrogen (secondary N) is 2. The van der Waals surface area contributed by atoms with Crippen molar-refractivity contribution < 1.29 is 14.8 Å². The average molecular weight is 333 g/mol. The smallest absolute Gasteiger partial charge is 0.273 e. The second-order valence-corrected chi connectivity index (χ2v) is 5.15. The third-order valence-corrected chi connectivity index (χ3v) is 3.25. The first-order chi connectivity index (χ1) is 10.9. The van der Waals surface area contributed by atoms with Gasteiger partial charge in [0.25, 0.3) is 5.69 Å². The van der Waals surface area contributed by atoms with Gasteiger partial charge in [-0.3, -0.25) is 10.1 Å². The third-order valence-electron chi connectivity index (χ3n) is 3.04. The van der Waals surface area contributed by atoms with Gasteiger partial charge in [0.2, 0.25) is 0 Å². The number of nitro groups is 1. The maximum absolute atomic E-state index is 10.8. The number of aryl methyl sites for hydroxylation is 1. The van der Waals surface area contributed by atoms with Crippen LogP contribution in [0, 0.1) is 17.0 Å². The Balaban J connectivity index is 2.17. The highest BCUT2D eigenvalue weighted by Gasteiger charge is 2.12. The van der Waals surface area contributed by atoms with Crippen LogP contribution in [0.15, 0.2) is 36.4 Å². The lowest BCUT2D eigenvalue weighted by atomic mass is 10.2. The van der Waals surface area contributed by atoms with E-state index < -0.39 is 4.92 Å². The fourth-order valence-corrected chi connectivity index (χ4v) is 2.14. The number of aromatic hydroxyl groups is 1. The quantitative estimate of drug-likeness (QED) is 0.341. The van der Waals surface area contributed by atoms with Crippen molar-refractivity contribution in [2.45, 2.75) is 6.92 Å². The first-order valence-corrected chi connectivity index (χ1v) is 7.01. The first-order valence-electron chi connectivity index (χ1n) is 6.60. The van der Waals surface area contributed by atoms with Crippen LogP contribution in [0.3, 0.4) is 0 Å². The summed E-state index contributed by atoms with van der Waals surface area (Å²) in [6.45, 7) is 1.89. The molecular weight excluding hydrogens is 318 g/mol. The van der Waals surface area contributed by atoms with Gasteiger partial charge in [-0.05, 0) is 42.9 Å². The molecule has 0 saturated heterocycles. The van der Waals surface area contributed by atoms with Crippen molar-refractivity contribution in [1.82, 2.24) is 0 Å². The highest BCUT2D eigenvalue weighted by molar-refractivity contribution is 7.80. The van der Waals surface area contributed by atoms with E-state index in [1.165, 1.54) is 25.3 Å². The Morgan fingerprint density at radius 3 is 2.57 bits per heavy atom. The number of anilines is 2. The van der Waals surface area contributed by atoms with Gasteiger partial charge in [-0.25, -0.2) is 0 Å². The predicted molar refractivity (Wildman–Crippen MR) is 92.3 cm³/mol. The normalized spacial score (nSPS) is 10.0. The van der Waals surface area contributed by atoms with E-state index in [4.69, 9.17) is 17.0 Å². The van der Waals surface area contributed by atoms with Crippen molar-refractivity contribution in [3.05, 3.63) is 52.1 Å². The lowest BCUT2D eigenvalue weighted by Gasteiger charge is -2.14. The van der Waals surface area contributed by atoms with Crippen molar-refractivity contribution in [1.29, 1.82) is 0 Å². The molecule has 0 heterocycles. The molecule has 0 saturated carbocycles. The number of thiocarbonyl (C=S) groups is 1. The summed E-state index contributed by atoms with van der Waals surface area (Å²) in [6, 6.07) is 9.23. The zero-order valence-electron chi connectivity index (χ0n) is 12.5. The minimum absolute atomic E-state index is 0.0652. The molecule has 23 heavy (non-hydrogen) atoms. The van der Waals surface area contributed by atoms with Gasteiger partial charge < -0.3 is 20.5 Å². The van der Waals surface area contributed by atoms with Crippen LogP contribution in [0.25, 0.3) is 0 Å². The molecule has 2 aromatic rings. The monoisotopic (exact) mass is 333 g/mol. The molecular formula is C15H15N3O4S. The summed E-state index contributed by atoms with van der Waals surface area (Å²) in [4.78, 5) is 10.3. The zero-order valence-corrected chi connectivity index (χ0v) is 13.3. The van der Waals surface area contributed by atoms with Gasteiger partial charge in [0.1, 0.15) is 11.5 Å². The van der Waals surface area contributed by atoms with Crippen LogP contribution in [-0.4, -0.2) is 22.3 Å². The summed E-state index contributed by atoms with van der Waals surface area (Å²) in [5.41, 5.74) is 1.81. The van der Waals surface area contributed by atoms with E-state index in [9.17, 15) is 15.2 Å². The van der Waals surface area contributed by atoms with E-state index in [0.717, 1.165) is 5.56 Å². The molecule has 3 N–H and O–H groups in total. The summed E-state index contributed by atoms with van der Waals surface area (Å²) in [5, 5.41) is 26.5. The Bertz CT molecular complexity index is 764. The first kappa shape index (κ1) is 16.5. The number of phenols is 1. The number of non-ortho nitro benzene ring substituents is 1. The Morgan fingerprint density at radius 1 is 1.22 bits per heavy atom. The van der Waals surface area contributed by atoms with Gasteiger partial charge in [0.15, 0.2) is 5.11 Å². The fraction of sp³-hybridized carbons (Fsp3) is 0.133.